The molecule has 148 valence electrons. The molecule has 0 radical (unpaired) electrons. The fourth-order valence-electron chi connectivity index (χ4n) is 3.61. The minimum absolute atomic E-state index is 0.851. The molecule has 0 atom stereocenters. The highest BCUT2D eigenvalue weighted by atomic mass is 15.4. The standard InChI is InChI=1S/C23H31N5/c1-7-13-27(14-8-2)23-18(6)22(26-21-11-12-24-28(21)23)25-20-10-9-17(5)15-19(20)16(3)4/h9-12,15H,3,7-8,13-14H2,1-2,4-6H3,(H,25,26). The number of anilines is 3. The number of nitrogens with zero attached hydrogens (tertiary/aromatic N) is 4. The van der Waals surface area contributed by atoms with Crippen LogP contribution in [0.1, 0.15) is 50.3 Å². The number of rotatable bonds is 8. The van der Waals surface area contributed by atoms with E-state index in [0.29, 0.717) is 0 Å². The average molecular weight is 378 g/mol. The van der Waals surface area contributed by atoms with Crippen molar-refractivity contribution < 1.29 is 0 Å². The number of hydrogen-bond donors (Lipinski definition) is 1. The Morgan fingerprint density at radius 1 is 1.14 bits per heavy atom. The lowest BCUT2D eigenvalue weighted by Crippen LogP contribution is -2.28. The monoisotopic (exact) mass is 377 g/mol. The first-order valence-electron chi connectivity index (χ1n) is 10.1. The van der Waals surface area contributed by atoms with E-state index in [2.05, 4.69) is 67.8 Å². The predicted molar refractivity (Wildman–Crippen MR) is 120 cm³/mol. The third kappa shape index (κ3) is 3.88. The highest BCUT2D eigenvalue weighted by Crippen LogP contribution is 2.32. The van der Waals surface area contributed by atoms with Gasteiger partial charge in [-0.15, -0.1) is 0 Å². The molecule has 3 aromatic rings. The number of hydrogen-bond acceptors (Lipinski definition) is 4. The SMILES string of the molecule is C=C(C)c1cc(C)ccc1Nc1nc2ccnn2c(N(CCC)CCC)c1C. The van der Waals surface area contributed by atoms with Crippen LogP contribution >= 0.6 is 0 Å². The Morgan fingerprint density at radius 3 is 2.50 bits per heavy atom. The zero-order valence-corrected chi connectivity index (χ0v) is 17.7. The van der Waals surface area contributed by atoms with E-state index in [0.717, 1.165) is 65.6 Å². The maximum atomic E-state index is 4.85. The molecule has 0 saturated heterocycles. The lowest BCUT2D eigenvalue weighted by atomic mass is 10.0. The van der Waals surface area contributed by atoms with Crippen LogP contribution in [0.2, 0.25) is 0 Å². The summed E-state index contributed by atoms with van der Waals surface area (Å²) in [6, 6.07) is 8.34. The van der Waals surface area contributed by atoms with Crippen molar-refractivity contribution in [3.05, 3.63) is 53.7 Å². The molecule has 2 heterocycles. The summed E-state index contributed by atoms with van der Waals surface area (Å²) in [5, 5.41) is 8.11. The Kier molecular flexibility index (Phi) is 6.02. The Balaban J connectivity index is 2.13. The van der Waals surface area contributed by atoms with Gasteiger partial charge in [0.15, 0.2) is 5.65 Å². The second kappa shape index (κ2) is 8.46. The van der Waals surface area contributed by atoms with E-state index < -0.39 is 0 Å². The second-order valence-corrected chi connectivity index (χ2v) is 7.45. The van der Waals surface area contributed by atoms with Crippen LogP contribution in [0.15, 0.2) is 37.0 Å². The zero-order chi connectivity index (χ0) is 20.3. The summed E-state index contributed by atoms with van der Waals surface area (Å²) in [4.78, 5) is 7.26. The second-order valence-electron chi connectivity index (χ2n) is 7.45. The van der Waals surface area contributed by atoms with Crippen LogP contribution in [0.25, 0.3) is 11.2 Å². The van der Waals surface area contributed by atoms with Gasteiger partial charge in [-0.2, -0.15) is 9.61 Å². The Labute approximate surface area is 168 Å². The molecular formula is C23H31N5. The largest absolute Gasteiger partial charge is 0.356 e. The van der Waals surface area contributed by atoms with E-state index in [4.69, 9.17) is 4.98 Å². The van der Waals surface area contributed by atoms with Gasteiger partial charge in [-0.3, -0.25) is 0 Å². The minimum atomic E-state index is 0.851. The first kappa shape index (κ1) is 19.9. The van der Waals surface area contributed by atoms with Crippen molar-refractivity contribution in [1.29, 1.82) is 0 Å². The van der Waals surface area contributed by atoms with Crippen molar-refractivity contribution in [3.63, 3.8) is 0 Å². The van der Waals surface area contributed by atoms with E-state index >= 15 is 0 Å². The first-order chi connectivity index (χ1) is 13.5. The molecule has 1 aromatic carbocycles. The molecule has 0 fully saturated rings. The minimum Gasteiger partial charge on any atom is -0.356 e. The van der Waals surface area contributed by atoms with Gasteiger partial charge in [-0.25, -0.2) is 4.98 Å². The summed E-state index contributed by atoms with van der Waals surface area (Å²) >= 11 is 0. The third-order valence-corrected chi connectivity index (χ3v) is 4.91. The van der Waals surface area contributed by atoms with Crippen LogP contribution in [0.3, 0.4) is 0 Å². The van der Waals surface area contributed by atoms with Crippen LogP contribution in [0.5, 0.6) is 0 Å². The fourth-order valence-corrected chi connectivity index (χ4v) is 3.61. The van der Waals surface area contributed by atoms with Crippen molar-refractivity contribution in [3.8, 4) is 0 Å². The molecule has 0 spiro atoms. The molecule has 0 aliphatic carbocycles. The molecule has 0 bridgehead atoms. The van der Waals surface area contributed by atoms with Crippen LogP contribution < -0.4 is 10.2 Å². The van der Waals surface area contributed by atoms with E-state index in [1.807, 2.05) is 23.7 Å². The molecule has 0 aliphatic rings. The smallest absolute Gasteiger partial charge is 0.159 e. The van der Waals surface area contributed by atoms with Gasteiger partial charge in [-0.05, 0) is 51.3 Å². The normalized spacial score (nSPS) is 11.0. The lowest BCUT2D eigenvalue weighted by Gasteiger charge is -2.27. The van der Waals surface area contributed by atoms with Gasteiger partial charge < -0.3 is 10.2 Å². The van der Waals surface area contributed by atoms with Gasteiger partial charge in [0.25, 0.3) is 0 Å². The summed E-state index contributed by atoms with van der Waals surface area (Å²) < 4.78 is 1.96. The third-order valence-electron chi connectivity index (χ3n) is 4.91. The molecule has 1 N–H and O–H groups in total. The van der Waals surface area contributed by atoms with Crippen molar-refractivity contribution >= 4 is 28.5 Å². The topological polar surface area (TPSA) is 45.5 Å². The maximum absolute atomic E-state index is 4.85. The number of fused-ring (bicyclic) bond motifs is 1. The Morgan fingerprint density at radius 2 is 1.86 bits per heavy atom. The summed E-state index contributed by atoms with van der Waals surface area (Å²) in [6.07, 6.45) is 3.99. The molecule has 0 aliphatic heterocycles. The molecule has 0 saturated carbocycles. The quantitative estimate of drug-likeness (QED) is 0.543. The molecular weight excluding hydrogens is 346 g/mol. The summed E-state index contributed by atoms with van der Waals surface area (Å²) in [7, 11) is 0. The molecule has 3 rings (SSSR count). The predicted octanol–water partition coefficient (Wildman–Crippen LogP) is 5.75. The van der Waals surface area contributed by atoms with E-state index in [1.54, 1.807) is 0 Å². The van der Waals surface area contributed by atoms with Crippen molar-refractivity contribution in [2.75, 3.05) is 23.3 Å². The van der Waals surface area contributed by atoms with Crippen LogP contribution in [0, 0.1) is 13.8 Å². The van der Waals surface area contributed by atoms with Gasteiger partial charge in [-0.1, -0.05) is 32.1 Å². The molecule has 28 heavy (non-hydrogen) atoms. The van der Waals surface area contributed by atoms with Crippen LogP contribution in [-0.2, 0) is 0 Å². The number of aromatic nitrogens is 3. The molecule has 2 aromatic heterocycles. The van der Waals surface area contributed by atoms with Crippen molar-refractivity contribution in [1.82, 2.24) is 14.6 Å². The number of benzene rings is 1. The number of allylic oxidation sites excluding steroid dienone is 1. The van der Waals surface area contributed by atoms with Crippen LogP contribution in [0.4, 0.5) is 17.3 Å². The Hall–Kier alpha value is -2.82. The van der Waals surface area contributed by atoms with Crippen LogP contribution in [-0.4, -0.2) is 27.7 Å². The highest BCUT2D eigenvalue weighted by Gasteiger charge is 2.18. The van der Waals surface area contributed by atoms with Gasteiger partial charge in [0.1, 0.15) is 11.6 Å². The lowest BCUT2D eigenvalue weighted by molar-refractivity contribution is 0.712. The zero-order valence-electron chi connectivity index (χ0n) is 17.7. The fraction of sp³-hybridized carbons (Fsp3) is 0.391. The van der Waals surface area contributed by atoms with E-state index in [-0.39, 0.29) is 0 Å². The van der Waals surface area contributed by atoms with E-state index in [9.17, 15) is 0 Å². The van der Waals surface area contributed by atoms with Crippen molar-refractivity contribution in [2.45, 2.75) is 47.5 Å². The van der Waals surface area contributed by atoms with Gasteiger partial charge in [0.05, 0.1) is 6.20 Å². The average Bonchev–Trinajstić information content (AvgIpc) is 3.11. The molecule has 5 heteroatoms. The van der Waals surface area contributed by atoms with Crippen molar-refractivity contribution in [2.24, 2.45) is 0 Å². The summed E-state index contributed by atoms with van der Waals surface area (Å²) in [5.41, 5.74) is 6.36. The molecule has 5 nitrogen and oxygen atoms in total. The van der Waals surface area contributed by atoms with E-state index in [1.165, 1.54) is 5.56 Å². The molecule has 0 amide bonds. The van der Waals surface area contributed by atoms with Gasteiger partial charge in [0, 0.05) is 36.0 Å². The Bertz CT molecular complexity index is 980. The summed E-state index contributed by atoms with van der Waals surface area (Å²) in [5.74, 6) is 1.98. The highest BCUT2D eigenvalue weighted by molar-refractivity contribution is 5.79. The number of aryl methyl sites for hydroxylation is 1. The van der Waals surface area contributed by atoms with Gasteiger partial charge >= 0.3 is 0 Å². The summed E-state index contributed by atoms with van der Waals surface area (Å²) in [6.45, 7) is 16.8. The number of nitrogens with one attached hydrogen (secondary N) is 1. The first-order valence-corrected chi connectivity index (χ1v) is 10.1. The maximum Gasteiger partial charge on any atom is 0.159 e. The molecule has 0 unspecified atom stereocenters. The van der Waals surface area contributed by atoms with Gasteiger partial charge in [0.2, 0.25) is 0 Å².